The Kier molecular flexibility index (Phi) is 8.16. The number of anilines is 2. The first-order valence-corrected chi connectivity index (χ1v) is 14.2. The maximum Gasteiger partial charge on any atom is 0.323 e. The van der Waals surface area contributed by atoms with Crippen LogP contribution in [0.25, 0.3) is 11.2 Å². The van der Waals surface area contributed by atoms with Crippen LogP contribution in [-0.2, 0) is 30.6 Å². The molecule has 13 nitrogen and oxygen atoms in total. The molecule has 1 aromatic carbocycles. The number of rotatable bonds is 10. The third kappa shape index (κ3) is 5.58. The molecular weight excluding hydrogens is 540 g/mol. The number of nitrogens with two attached hydrogens (primary N) is 1. The first-order chi connectivity index (χ1) is 18.0. The topological polar surface area (TPSA) is 168 Å². The molecule has 1 saturated heterocycles. The highest BCUT2D eigenvalue weighted by Gasteiger charge is 2.55. The number of hydrogen-bond donors (Lipinski definition) is 4. The molecular formula is C22H29FN7O6PS. The molecule has 3 aromatic rings. The van der Waals surface area contributed by atoms with E-state index in [1.165, 1.54) is 31.9 Å². The van der Waals surface area contributed by atoms with Crippen LogP contribution in [0.4, 0.5) is 16.2 Å². The molecule has 0 aliphatic carbocycles. The van der Waals surface area contributed by atoms with Crippen LogP contribution in [0.3, 0.4) is 0 Å². The highest BCUT2D eigenvalue weighted by atomic mass is 32.5. The molecule has 0 unspecified atom stereocenters. The summed E-state index contributed by atoms with van der Waals surface area (Å²) in [5, 5.41) is 16.6. The zero-order valence-corrected chi connectivity index (χ0v) is 22.8. The Bertz CT molecular complexity index is 1350. The molecule has 16 heteroatoms. The van der Waals surface area contributed by atoms with Gasteiger partial charge in [0.05, 0.1) is 20.0 Å². The van der Waals surface area contributed by atoms with E-state index in [0.29, 0.717) is 17.1 Å². The molecule has 0 spiro atoms. The van der Waals surface area contributed by atoms with Gasteiger partial charge in [-0.1, -0.05) is 18.2 Å². The molecule has 38 heavy (non-hydrogen) atoms. The van der Waals surface area contributed by atoms with E-state index in [0.717, 1.165) is 0 Å². The second-order valence-corrected chi connectivity index (χ2v) is 11.8. The minimum atomic E-state index is -3.42. The fraction of sp³-hybridized carbons (Fsp3) is 0.455. The van der Waals surface area contributed by atoms with Crippen molar-refractivity contribution >= 4 is 47.3 Å². The van der Waals surface area contributed by atoms with E-state index in [1.807, 2.05) is 0 Å². The Balaban J connectivity index is 1.57. The summed E-state index contributed by atoms with van der Waals surface area (Å²) in [6.45, 7) is -1.03. The number of esters is 1. The molecule has 0 saturated carbocycles. The number of alkyl halides is 1. The highest BCUT2D eigenvalue weighted by molar-refractivity contribution is 8.09. The van der Waals surface area contributed by atoms with Crippen molar-refractivity contribution < 1.29 is 32.8 Å². The van der Waals surface area contributed by atoms with Crippen LogP contribution in [0.1, 0.15) is 20.1 Å². The predicted molar refractivity (Wildman–Crippen MR) is 141 cm³/mol. The number of halogens is 1. The second kappa shape index (κ2) is 11.0. The zero-order chi connectivity index (χ0) is 27.7. The highest BCUT2D eigenvalue weighted by Crippen LogP contribution is 2.48. The minimum Gasteiger partial charge on any atom is -0.468 e. The summed E-state index contributed by atoms with van der Waals surface area (Å²) in [5.41, 5.74) is 4.10. The number of nitrogen functional groups attached to an aromatic ring is 1. The molecule has 1 aliphatic heterocycles. The molecule has 206 valence electrons. The van der Waals surface area contributed by atoms with Crippen LogP contribution in [-0.4, -0.2) is 75.3 Å². The third-order valence-corrected chi connectivity index (χ3v) is 8.43. The minimum absolute atomic E-state index is 0.0489. The molecule has 4 rings (SSSR count). The lowest BCUT2D eigenvalue weighted by Gasteiger charge is -2.27. The van der Waals surface area contributed by atoms with E-state index in [9.17, 15) is 9.90 Å². The Labute approximate surface area is 223 Å². The molecule has 2 aromatic heterocycles. The number of ether oxygens (including phenoxy) is 2. The van der Waals surface area contributed by atoms with Gasteiger partial charge in [0, 0.05) is 7.05 Å². The molecule has 3 heterocycles. The molecule has 0 bridgehead atoms. The van der Waals surface area contributed by atoms with Crippen LogP contribution in [0, 0.1) is 0 Å². The molecule has 6 atom stereocenters. The van der Waals surface area contributed by atoms with Gasteiger partial charge in [0.15, 0.2) is 28.9 Å². The van der Waals surface area contributed by atoms with Gasteiger partial charge in [0.2, 0.25) is 5.95 Å². The van der Waals surface area contributed by atoms with E-state index in [2.05, 4.69) is 25.4 Å². The van der Waals surface area contributed by atoms with Gasteiger partial charge < -0.3 is 34.7 Å². The summed E-state index contributed by atoms with van der Waals surface area (Å²) in [6, 6.07) is 7.75. The summed E-state index contributed by atoms with van der Waals surface area (Å²) in [4.78, 5) is 24.5. The number of imidazole rings is 1. The molecule has 5 N–H and O–H groups in total. The van der Waals surface area contributed by atoms with Crippen LogP contribution in [0.15, 0.2) is 36.7 Å². The summed E-state index contributed by atoms with van der Waals surface area (Å²) >= 11 is 5.64. The van der Waals surface area contributed by atoms with E-state index in [1.54, 1.807) is 37.4 Å². The number of carbonyl (C=O) groups is 1. The summed E-state index contributed by atoms with van der Waals surface area (Å²) in [7, 11) is 2.88. The molecule has 0 amide bonds. The lowest BCUT2D eigenvalue weighted by molar-refractivity contribution is -0.142. The predicted octanol–water partition coefficient (Wildman–Crippen LogP) is 1.91. The van der Waals surface area contributed by atoms with Gasteiger partial charge >= 0.3 is 12.6 Å². The SMILES string of the molecule is CNc1nc(N)nc2c1ncn2[C@@H]1O[C@H](CO[P@@](=S)(N[C@@H](C)C(=O)OC)Oc2ccccc2)[C@@H](O)[C@@]1(C)F. The number of aliphatic hydroxyl groups is 1. The van der Waals surface area contributed by atoms with Gasteiger partial charge in [0.1, 0.15) is 24.0 Å². The second-order valence-electron chi connectivity index (χ2n) is 8.70. The van der Waals surface area contributed by atoms with E-state index < -0.39 is 42.8 Å². The lowest BCUT2D eigenvalue weighted by Crippen LogP contribution is -2.41. The van der Waals surface area contributed by atoms with E-state index >= 15 is 4.39 Å². The standard InChI is InChI=1S/C22H29FN7O6PS/c1-12(19(32)33-4)29-37(38,36-13-8-6-5-7-9-13)34-10-14-16(31)22(2,23)20(35-14)30-11-26-15-17(25-3)27-21(24)28-18(15)30/h5-9,11-12,14,16,20,31H,10H2,1-4H3,(H,29,38)(H3,24,25,27,28)/t12-,14+,16+,20+,22+,37-/m0/s1. The number of para-hydroxylation sites is 1. The Morgan fingerprint density at radius 2 is 2.11 bits per heavy atom. The van der Waals surface area contributed by atoms with Crippen molar-refractivity contribution in [3.63, 3.8) is 0 Å². The van der Waals surface area contributed by atoms with Gasteiger partial charge in [-0.15, -0.1) is 0 Å². The maximum atomic E-state index is 15.9. The number of fused-ring (bicyclic) bond motifs is 1. The van der Waals surface area contributed by atoms with Crippen molar-refractivity contribution in [1.29, 1.82) is 0 Å². The van der Waals surface area contributed by atoms with Crippen molar-refractivity contribution in [3.05, 3.63) is 36.7 Å². The fourth-order valence-electron chi connectivity index (χ4n) is 3.98. The van der Waals surface area contributed by atoms with Crippen molar-refractivity contribution in [2.45, 2.75) is 44.0 Å². The summed E-state index contributed by atoms with van der Waals surface area (Å²) < 4.78 is 39.8. The zero-order valence-electron chi connectivity index (χ0n) is 21.1. The Morgan fingerprint density at radius 1 is 1.39 bits per heavy atom. The Hall–Kier alpha value is -2.94. The van der Waals surface area contributed by atoms with Crippen molar-refractivity contribution in [2.24, 2.45) is 0 Å². The number of methoxy groups -OCH3 is 1. The van der Waals surface area contributed by atoms with Gasteiger partial charge in [-0.25, -0.2) is 14.5 Å². The monoisotopic (exact) mass is 569 g/mol. The maximum absolute atomic E-state index is 15.9. The molecule has 0 radical (unpaired) electrons. The first-order valence-electron chi connectivity index (χ1n) is 11.5. The summed E-state index contributed by atoms with van der Waals surface area (Å²) in [6.07, 6.45) is -2.77. The number of aromatic nitrogens is 4. The third-order valence-electron chi connectivity index (χ3n) is 5.93. The average molecular weight is 570 g/mol. The van der Waals surface area contributed by atoms with Crippen molar-refractivity contribution in [1.82, 2.24) is 24.6 Å². The molecule has 1 fully saturated rings. The number of hydrogen-bond acceptors (Lipinski definition) is 12. The first kappa shape index (κ1) is 28.1. The number of nitrogens with one attached hydrogen (secondary N) is 2. The van der Waals surface area contributed by atoms with Crippen molar-refractivity contribution in [3.8, 4) is 5.75 Å². The number of benzene rings is 1. The molecule has 1 aliphatic rings. The number of aliphatic hydroxyl groups excluding tert-OH is 1. The smallest absolute Gasteiger partial charge is 0.323 e. The van der Waals surface area contributed by atoms with Crippen molar-refractivity contribution in [2.75, 3.05) is 31.8 Å². The van der Waals surface area contributed by atoms with Gasteiger partial charge in [-0.3, -0.25) is 9.36 Å². The largest absolute Gasteiger partial charge is 0.468 e. The van der Waals surface area contributed by atoms with Gasteiger partial charge in [0.25, 0.3) is 0 Å². The van der Waals surface area contributed by atoms with Gasteiger partial charge in [-0.2, -0.15) is 9.97 Å². The number of carbonyl (C=O) groups excluding carboxylic acids is 1. The van der Waals surface area contributed by atoms with Crippen LogP contribution in [0.5, 0.6) is 5.75 Å². The van der Waals surface area contributed by atoms with E-state index in [4.69, 9.17) is 36.1 Å². The normalized spacial score (nSPS) is 25.6. The fourth-order valence-corrected chi connectivity index (χ4v) is 6.40. The average Bonchev–Trinajstić information content (AvgIpc) is 3.39. The quantitative estimate of drug-likeness (QED) is 0.207. The number of nitrogens with zero attached hydrogens (tertiary/aromatic N) is 4. The van der Waals surface area contributed by atoms with E-state index in [-0.39, 0.29) is 18.2 Å². The van der Waals surface area contributed by atoms with Crippen LogP contribution in [0.2, 0.25) is 0 Å². The summed E-state index contributed by atoms with van der Waals surface area (Å²) in [5.74, 6) is 0.119. The Morgan fingerprint density at radius 3 is 2.76 bits per heavy atom. The lowest BCUT2D eigenvalue weighted by atomic mass is 9.98. The van der Waals surface area contributed by atoms with Gasteiger partial charge in [-0.05, 0) is 37.8 Å². The van der Waals surface area contributed by atoms with Crippen LogP contribution >= 0.6 is 6.64 Å². The van der Waals surface area contributed by atoms with Crippen LogP contribution < -0.4 is 20.7 Å².